The molecule has 0 unspecified atom stereocenters. The maximum absolute atomic E-state index is 12.7. The lowest BCUT2D eigenvalue weighted by Crippen LogP contribution is -2.17. The topological polar surface area (TPSA) is 69.0 Å². The van der Waals surface area contributed by atoms with Gasteiger partial charge in [-0.3, -0.25) is 4.79 Å². The molecule has 0 saturated carbocycles. The van der Waals surface area contributed by atoms with Crippen molar-refractivity contribution in [1.82, 2.24) is 14.8 Å². The summed E-state index contributed by atoms with van der Waals surface area (Å²) in [5.74, 6) is 1.74. The first-order valence-corrected chi connectivity index (χ1v) is 11.2. The molecule has 160 valence electrons. The molecule has 2 aromatic carbocycles. The highest BCUT2D eigenvalue weighted by atomic mass is 32.1. The van der Waals surface area contributed by atoms with Gasteiger partial charge in [-0.2, -0.15) is 9.78 Å². The van der Waals surface area contributed by atoms with Crippen molar-refractivity contribution >= 4 is 33.3 Å². The minimum atomic E-state index is -0.0884. The number of hydrogen-bond acceptors (Lipinski definition) is 5. The number of carbonyl (C=O) groups excluding carboxylic acids is 1. The van der Waals surface area contributed by atoms with Crippen LogP contribution < -0.4 is 10.1 Å². The van der Waals surface area contributed by atoms with Crippen LogP contribution in [0, 0.1) is 6.92 Å². The van der Waals surface area contributed by atoms with Crippen molar-refractivity contribution in [2.24, 2.45) is 0 Å². The molecule has 2 aromatic heterocycles. The van der Waals surface area contributed by atoms with Crippen LogP contribution in [0.1, 0.15) is 43.5 Å². The Balaban J connectivity index is 1.57. The number of anilines is 1. The number of fused-ring (bicyclic) bond motifs is 1. The molecule has 4 rings (SSSR count). The number of thiazole rings is 1. The van der Waals surface area contributed by atoms with Crippen molar-refractivity contribution in [3.63, 3.8) is 0 Å². The standard InChI is InChI=1S/C24H26N4O2S/c1-5-30-19-7-6-8-20-23(19)26-24(31-20)28-21(13-16(4)27-28)25-22(29)14-17-9-11-18(12-10-17)15(2)3/h6-13,15H,5,14H2,1-4H3,(H,25,29). The molecule has 6 nitrogen and oxygen atoms in total. The fourth-order valence-corrected chi connectivity index (χ4v) is 4.35. The monoisotopic (exact) mass is 434 g/mol. The van der Waals surface area contributed by atoms with Crippen molar-refractivity contribution in [2.45, 2.75) is 40.0 Å². The number of carbonyl (C=O) groups is 1. The molecule has 0 spiro atoms. The third-order valence-electron chi connectivity index (χ3n) is 4.96. The molecule has 0 aliphatic carbocycles. The number of hydrogen-bond donors (Lipinski definition) is 1. The van der Waals surface area contributed by atoms with Crippen molar-refractivity contribution in [3.8, 4) is 10.9 Å². The van der Waals surface area contributed by atoms with Crippen molar-refractivity contribution < 1.29 is 9.53 Å². The molecule has 7 heteroatoms. The van der Waals surface area contributed by atoms with Crippen LogP contribution in [0.4, 0.5) is 5.82 Å². The molecule has 0 radical (unpaired) electrons. The summed E-state index contributed by atoms with van der Waals surface area (Å²) in [5, 5.41) is 8.24. The fourth-order valence-electron chi connectivity index (χ4n) is 3.40. The van der Waals surface area contributed by atoms with E-state index in [0.717, 1.165) is 27.2 Å². The summed E-state index contributed by atoms with van der Waals surface area (Å²) < 4.78 is 8.40. The Labute approximate surface area is 185 Å². The van der Waals surface area contributed by atoms with E-state index in [0.29, 0.717) is 29.9 Å². The highest BCUT2D eigenvalue weighted by molar-refractivity contribution is 7.20. The first-order valence-electron chi connectivity index (χ1n) is 10.4. The SMILES string of the molecule is CCOc1cccc2sc(-n3nc(C)cc3NC(=O)Cc3ccc(C(C)C)cc3)nc12. The Bertz CT molecular complexity index is 1210. The van der Waals surface area contributed by atoms with E-state index in [2.05, 4.69) is 36.4 Å². The second kappa shape index (κ2) is 8.89. The van der Waals surface area contributed by atoms with Gasteiger partial charge in [0.25, 0.3) is 0 Å². The van der Waals surface area contributed by atoms with Crippen LogP contribution in [0.15, 0.2) is 48.5 Å². The van der Waals surface area contributed by atoms with E-state index in [-0.39, 0.29) is 5.91 Å². The second-order valence-corrected chi connectivity index (χ2v) is 8.75. The van der Waals surface area contributed by atoms with E-state index >= 15 is 0 Å². The lowest BCUT2D eigenvalue weighted by atomic mass is 10.0. The quantitative estimate of drug-likeness (QED) is 0.417. The van der Waals surface area contributed by atoms with E-state index in [4.69, 9.17) is 9.72 Å². The van der Waals surface area contributed by atoms with Crippen LogP contribution in [-0.4, -0.2) is 27.3 Å². The van der Waals surface area contributed by atoms with Gasteiger partial charge in [-0.25, -0.2) is 4.98 Å². The summed E-state index contributed by atoms with van der Waals surface area (Å²) in [6.45, 7) is 8.74. The van der Waals surface area contributed by atoms with E-state index in [1.807, 2.05) is 50.2 Å². The van der Waals surface area contributed by atoms with E-state index in [1.54, 1.807) is 4.68 Å². The zero-order valence-electron chi connectivity index (χ0n) is 18.2. The zero-order valence-corrected chi connectivity index (χ0v) is 19.0. The predicted molar refractivity (Wildman–Crippen MR) is 126 cm³/mol. The van der Waals surface area contributed by atoms with E-state index < -0.39 is 0 Å². The summed E-state index contributed by atoms with van der Waals surface area (Å²) >= 11 is 1.51. The largest absolute Gasteiger partial charge is 0.492 e. The zero-order chi connectivity index (χ0) is 22.0. The third kappa shape index (κ3) is 4.61. The number of benzene rings is 2. The Hall–Kier alpha value is -3.19. The van der Waals surface area contributed by atoms with E-state index in [9.17, 15) is 4.79 Å². The molecule has 0 saturated heterocycles. The molecule has 1 N–H and O–H groups in total. The van der Waals surface area contributed by atoms with Gasteiger partial charge in [-0.15, -0.1) is 0 Å². The minimum absolute atomic E-state index is 0.0884. The molecule has 4 aromatic rings. The predicted octanol–water partition coefficient (Wildman–Crippen LogP) is 5.49. The average molecular weight is 435 g/mol. The molecule has 0 aliphatic rings. The third-order valence-corrected chi connectivity index (χ3v) is 5.96. The number of nitrogens with one attached hydrogen (secondary N) is 1. The number of para-hydroxylation sites is 1. The van der Waals surface area contributed by atoms with Crippen molar-refractivity contribution in [3.05, 3.63) is 65.4 Å². The average Bonchev–Trinajstić information content (AvgIpc) is 3.32. The van der Waals surface area contributed by atoms with Crippen LogP contribution in [0.3, 0.4) is 0 Å². The van der Waals surface area contributed by atoms with Gasteiger partial charge in [0.1, 0.15) is 17.1 Å². The maximum atomic E-state index is 12.7. The molecule has 1 amide bonds. The first-order chi connectivity index (χ1) is 14.9. The Morgan fingerprint density at radius 1 is 1.19 bits per heavy atom. The summed E-state index contributed by atoms with van der Waals surface area (Å²) in [7, 11) is 0. The minimum Gasteiger partial charge on any atom is -0.492 e. The van der Waals surface area contributed by atoms with Crippen LogP contribution >= 0.6 is 11.3 Å². The molecule has 0 atom stereocenters. The maximum Gasteiger partial charge on any atom is 0.229 e. The molecule has 2 heterocycles. The Kier molecular flexibility index (Phi) is 6.04. The number of aromatic nitrogens is 3. The number of rotatable bonds is 7. The summed E-state index contributed by atoms with van der Waals surface area (Å²) in [6.07, 6.45) is 0.303. The normalized spacial score (nSPS) is 11.3. The van der Waals surface area contributed by atoms with Gasteiger partial charge < -0.3 is 10.1 Å². The Morgan fingerprint density at radius 2 is 1.97 bits per heavy atom. The van der Waals surface area contributed by atoms with Gasteiger partial charge in [0.05, 0.1) is 23.4 Å². The fraction of sp³-hybridized carbons (Fsp3) is 0.292. The summed E-state index contributed by atoms with van der Waals surface area (Å²) in [6, 6.07) is 15.9. The van der Waals surface area contributed by atoms with Crippen LogP contribution in [0.5, 0.6) is 5.75 Å². The highest BCUT2D eigenvalue weighted by Gasteiger charge is 2.16. The molecular formula is C24H26N4O2S. The van der Waals surface area contributed by atoms with Gasteiger partial charge >= 0.3 is 0 Å². The molecular weight excluding hydrogens is 408 g/mol. The van der Waals surface area contributed by atoms with Gasteiger partial charge in [0.15, 0.2) is 0 Å². The Morgan fingerprint density at radius 3 is 2.68 bits per heavy atom. The van der Waals surface area contributed by atoms with Crippen LogP contribution in [0.2, 0.25) is 0 Å². The number of amides is 1. The smallest absolute Gasteiger partial charge is 0.229 e. The van der Waals surface area contributed by atoms with Gasteiger partial charge in [-0.1, -0.05) is 55.5 Å². The van der Waals surface area contributed by atoms with Crippen molar-refractivity contribution in [2.75, 3.05) is 11.9 Å². The lowest BCUT2D eigenvalue weighted by Gasteiger charge is -2.08. The van der Waals surface area contributed by atoms with Crippen LogP contribution in [-0.2, 0) is 11.2 Å². The number of aryl methyl sites for hydroxylation is 1. The number of nitrogens with zero attached hydrogens (tertiary/aromatic N) is 3. The highest BCUT2D eigenvalue weighted by Crippen LogP contribution is 2.32. The summed E-state index contributed by atoms with van der Waals surface area (Å²) in [5.41, 5.74) is 3.85. The first kappa shape index (κ1) is 21.1. The lowest BCUT2D eigenvalue weighted by molar-refractivity contribution is -0.115. The van der Waals surface area contributed by atoms with Gasteiger partial charge in [-0.05, 0) is 43.0 Å². The van der Waals surface area contributed by atoms with Crippen LogP contribution in [0.25, 0.3) is 15.3 Å². The van der Waals surface area contributed by atoms with Crippen molar-refractivity contribution in [1.29, 1.82) is 0 Å². The summed E-state index contributed by atoms with van der Waals surface area (Å²) in [4.78, 5) is 17.5. The van der Waals surface area contributed by atoms with Gasteiger partial charge in [0, 0.05) is 6.07 Å². The van der Waals surface area contributed by atoms with E-state index in [1.165, 1.54) is 16.9 Å². The number of ether oxygens (including phenoxy) is 1. The second-order valence-electron chi connectivity index (χ2n) is 7.74. The molecule has 0 fully saturated rings. The molecule has 0 aliphatic heterocycles. The molecule has 0 bridgehead atoms. The molecule has 31 heavy (non-hydrogen) atoms. The van der Waals surface area contributed by atoms with Gasteiger partial charge in [0.2, 0.25) is 11.0 Å².